The van der Waals surface area contributed by atoms with Crippen molar-refractivity contribution in [2.24, 2.45) is 12.0 Å². The summed E-state index contributed by atoms with van der Waals surface area (Å²) in [6.07, 6.45) is 11.4. The lowest BCUT2D eigenvalue weighted by Gasteiger charge is -2.31. The van der Waals surface area contributed by atoms with Gasteiger partial charge in [-0.15, -0.1) is 0 Å². The van der Waals surface area contributed by atoms with E-state index in [4.69, 9.17) is 0 Å². The number of aliphatic hydroxyl groups is 1. The minimum atomic E-state index is -1.03. The Morgan fingerprint density at radius 2 is 2.11 bits per heavy atom. The fourth-order valence-corrected chi connectivity index (χ4v) is 3.61. The normalized spacial score (nSPS) is 18.5. The molecule has 1 atom stereocenters. The van der Waals surface area contributed by atoms with Gasteiger partial charge in [0.15, 0.2) is 5.96 Å². The topological polar surface area (TPSA) is 77.7 Å². The molecule has 3 N–H and O–H groups in total. The molecule has 1 aromatic rings. The summed E-state index contributed by atoms with van der Waals surface area (Å²) in [4.78, 5) is 7.08. The van der Waals surface area contributed by atoms with Gasteiger partial charge >= 0.3 is 0 Å². The van der Waals surface area contributed by atoms with Crippen molar-refractivity contribution in [2.45, 2.75) is 64.0 Å². The van der Waals surface area contributed by atoms with Gasteiger partial charge in [0.25, 0.3) is 0 Å². The predicted molar refractivity (Wildman–Crippen MR) is 111 cm³/mol. The maximum absolute atomic E-state index is 10.7. The Balaban J connectivity index is 1.77. The molecule has 27 heavy (non-hydrogen) atoms. The molecule has 1 aromatic heterocycles. The first-order valence-corrected chi connectivity index (χ1v) is 10.4. The van der Waals surface area contributed by atoms with Crippen molar-refractivity contribution >= 4 is 5.96 Å². The molecule has 0 aromatic carbocycles. The summed E-state index contributed by atoms with van der Waals surface area (Å²) in [6.45, 7) is 6.88. The lowest BCUT2D eigenvalue weighted by molar-refractivity contribution is 0.0672. The predicted octanol–water partition coefficient (Wildman–Crippen LogP) is 1.84. The van der Waals surface area contributed by atoms with E-state index in [0.29, 0.717) is 0 Å². The summed E-state index contributed by atoms with van der Waals surface area (Å²) in [5, 5.41) is 21.5. The van der Waals surface area contributed by atoms with Gasteiger partial charge in [0, 0.05) is 37.9 Å². The molecule has 0 saturated heterocycles. The van der Waals surface area contributed by atoms with Crippen LogP contribution in [-0.2, 0) is 12.6 Å². The second kappa shape index (κ2) is 10.7. The van der Waals surface area contributed by atoms with E-state index in [0.717, 1.165) is 43.6 Å². The van der Waals surface area contributed by atoms with Gasteiger partial charge in [-0.25, -0.2) is 4.99 Å². The molecule has 1 heterocycles. The number of guanidine groups is 1. The lowest BCUT2D eigenvalue weighted by Crippen LogP contribution is -2.40. The number of hydrogen-bond acceptors (Lipinski definition) is 4. The number of nitrogens with zero attached hydrogens (tertiary/aromatic N) is 4. The molecule has 0 spiro atoms. The van der Waals surface area contributed by atoms with Crippen LogP contribution in [-0.4, -0.2) is 65.0 Å². The quantitative estimate of drug-likeness (QED) is 0.347. The smallest absolute Gasteiger partial charge is 0.191 e. The summed E-state index contributed by atoms with van der Waals surface area (Å²) < 4.78 is 1.69. The molecule has 0 aliphatic heterocycles. The van der Waals surface area contributed by atoms with Gasteiger partial charge in [-0.1, -0.05) is 19.3 Å². The van der Waals surface area contributed by atoms with Crippen molar-refractivity contribution in [2.75, 3.05) is 33.2 Å². The van der Waals surface area contributed by atoms with Gasteiger partial charge in [-0.3, -0.25) is 4.68 Å². The summed E-state index contributed by atoms with van der Waals surface area (Å²) in [6, 6.07) is 0.759. The van der Waals surface area contributed by atoms with E-state index in [1.165, 1.54) is 32.1 Å². The highest BCUT2D eigenvalue weighted by Gasteiger charge is 2.24. The van der Waals surface area contributed by atoms with Gasteiger partial charge < -0.3 is 20.6 Å². The second-order valence-corrected chi connectivity index (χ2v) is 7.92. The average molecular weight is 379 g/mol. The molecule has 1 fully saturated rings. The lowest BCUT2D eigenvalue weighted by atomic mass is 9.94. The Kier molecular flexibility index (Phi) is 8.57. The Hall–Kier alpha value is -1.60. The third kappa shape index (κ3) is 7.14. The molecule has 2 rings (SSSR count). The highest BCUT2D eigenvalue weighted by Crippen LogP contribution is 2.21. The number of aryl methyl sites for hydroxylation is 1. The SMILES string of the molecule is CCNC(=NCC(C)(O)c1cnn(C)c1)NCCCN(C)C1CCCCC1. The van der Waals surface area contributed by atoms with E-state index in [1.807, 2.05) is 20.2 Å². The van der Waals surface area contributed by atoms with E-state index in [9.17, 15) is 5.11 Å². The first-order chi connectivity index (χ1) is 12.9. The number of aliphatic imine (C=N–C) groups is 1. The molecule has 154 valence electrons. The molecule has 0 bridgehead atoms. The van der Waals surface area contributed by atoms with Gasteiger partial charge in [0.1, 0.15) is 5.60 Å². The number of nitrogens with one attached hydrogen (secondary N) is 2. The van der Waals surface area contributed by atoms with Crippen molar-refractivity contribution in [3.8, 4) is 0 Å². The fourth-order valence-electron chi connectivity index (χ4n) is 3.61. The summed E-state index contributed by atoms with van der Waals surface area (Å²) in [7, 11) is 4.10. The van der Waals surface area contributed by atoms with Crippen molar-refractivity contribution in [3.05, 3.63) is 18.0 Å². The Morgan fingerprint density at radius 1 is 1.37 bits per heavy atom. The van der Waals surface area contributed by atoms with Crippen molar-refractivity contribution < 1.29 is 5.11 Å². The molecule has 7 heteroatoms. The highest BCUT2D eigenvalue weighted by molar-refractivity contribution is 5.79. The van der Waals surface area contributed by atoms with Crippen LogP contribution in [0, 0.1) is 0 Å². The average Bonchev–Trinajstić information content (AvgIpc) is 3.11. The second-order valence-electron chi connectivity index (χ2n) is 7.92. The molecule has 1 aliphatic rings. The van der Waals surface area contributed by atoms with Crippen molar-refractivity contribution in [1.82, 2.24) is 25.3 Å². The third-order valence-electron chi connectivity index (χ3n) is 5.39. The summed E-state index contributed by atoms with van der Waals surface area (Å²) >= 11 is 0. The zero-order chi connectivity index (χ0) is 19.7. The molecular formula is C20H38N6O. The monoisotopic (exact) mass is 378 g/mol. The van der Waals surface area contributed by atoms with Crippen LogP contribution < -0.4 is 10.6 Å². The van der Waals surface area contributed by atoms with Crippen LogP contribution in [0.2, 0.25) is 0 Å². The molecule has 7 nitrogen and oxygen atoms in total. The van der Waals surface area contributed by atoms with Gasteiger partial charge in [-0.05, 0) is 46.7 Å². The van der Waals surface area contributed by atoms with Crippen molar-refractivity contribution in [1.29, 1.82) is 0 Å². The maximum Gasteiger partial charge on any atom is 0.191 e. The van der Waals surface area contributed by atoms with E-state index in [-0.39, 0.29) is 6.54 Å². The standard InChI is InChI=1S/C20H38N6O/c1-5-21-19(23-16-20(2,27)17-14-24-26(4)15-17)22-12-9-13-25(3)18-10-7-6-8-11-18/h14-15,18,27H,5-13,16H2,1-4H3,(H2,21,22,23). The molecule has 1 aliphatic carbocycles. The molecule has 1 unspecified atom stereocenters. The van der Waals surface area contributed by atoms with Gasteiger partial charge in [0.05, 0.1) is 12.7 Å². The zero-order valence-corrected chi connectivity index (χ0v) is 17.5. The highest BCUT2D eigenvalue weighted by atomic mass is 16.3. The molecule has 0 radical (unpaired) electrons. The molecule has 1 saturated carbocycles. The Bertz CT molecular complexity index is 577. The van der Waals surface area contributed by atoms with Crippen LogP contribution in [0.4, 0.5) is 0 Å². The first kappa shape index (κ1) is 21.7. The van der Waals surface area contributed by atoms with Crippen LogP contribution in [0.5, 0.6) is 0 Å². The van der Waals surface area contributed by atoms with Crippen LogP contribution in [0.1, 0.15) is 57.9 Å². The number of aromatic nitrogens is 2. The van der Waals surface area contributed by atoms with Crippen LogP contribution in [0.15, 0.2) is 17.4 Å². The Morgan fingerprint density at radius 3 is 2.74 bits per heavy atom. The number of rotatable bonds is 9. The molecular weight excluding hydrogens is 340 g/mol. The van der Waals surface area contributed by atoms with Crippen molar-refractivity contribution in [3.63, 3.8) is 0 Å². The van der Waals surface area contributed by atoms with Crippen LogP contribution in [0.25, 0.3) is 0 Å². The largest absolute Gasteiger partial charge is 0.383 e. The third-order valence-corrected chi connectivity index (χ3v) is 5.39. The van der Waals surface area contributed by atoms with E-state index in [2.05, 4.69) is 32.7 Å². The maximum atomic E-state index is 10.7. The van der Waals surface area contributed by atoms with Crippen LogP contribution >= 0.6 is 0 Å². The minimum absolute atomic E-state index is 0.288. The number of hydrogen-bond donors (Lipinski definition) is 3. The zero-order valence-electron chi connectivity index (χ0n) is 17.5. The fraction of sp³-hybridized carbons (Fsp3) is 0.800. The Labute approximate surface area is 164 Å². The first-order valence-electron chi connectivity index (χ1n) is 10.4. The van der Waals surface area contributed by atoms with Crippen LogP contribution in [0.3, 0.4) is 0 Å². The molecule has 0 amide bonds. The van der Waals surface area contributed by atoms with E-state index >= 15 is 0 Å². The van der Waals surface area contributed by atoms with Gasteiger partial charge in [-0.2, -0.15) is 5.10 Å². The van der Waals surface area contributed by atoms with E-state index in [1.54, 1.807) is 17.8 Å². The summed E-state index contributed by atoms with van der Waals surface area (Å²) in [5.41, 5.74) is -0.253. The summed E-state index contributed by atoms with van der Waals surface area (Å²) in [5.74, 6) is 0.752. The minimum Gasteiger partial charge on any atom is -0.383 e. The van der Waals surface area contributed by atoms with Gasteiger partial charge in [0.2, 0.25) is 0 Å². The van der Waals surface area contributed by atoms with E-state index < -0.39 is 5.60 Å².